The van der Waals surface area contributed by atoms with Crippen molar-refractivity contribution in [2.45, 2.75) is 12.7 Å². The molecule has 0 saturated carbocycles. The highest BCUT2D eigenvalue weighted by atomic mass is 79.9. The van der Waals surface area contributed by atoms with Gasteiger partial charge in [-0.05, 0) is 68.2 Å². The largest absolute Gasteiger partial charge is 0.435 e. The third-order valence-electron chi connectivity index (χ3n) is 2.72. The standard InChI is InChI=1S/C13H11Br2F2NOS/c1-18-11(9-6-10(14)20-12(9)15)7-2-4-8(5-3-7)19-13(16)17/h2-6,11,13,18H,1H3. The lowest BCUT2D eigenvalue weighted by molar-refractivity contribution is -0.0498. The fraction of sp³-hybridized carbons (Fsp3) is 0.231. The van der Waals surface area contributed by atoms with E-state index < -0.39 is 6.61 Å². The molecule has 2 aromatic rings. The predicted octanol–water partition coefficient (Wildman–Crippen LogP) is 5.18. The number of hydrogen-bond acceptors (Lipinski definition) is 3. The van der Waals surface area contributed by atoms with E-state index in [1.807, 2.05) is 13.1 Å². The number of hydrogen-bond donors (Lipinski definition) is 1. The molecule has 108 valence electrons. The Kier molecular flexibility index (Phi) is 5.54. The molecule has 0 aliphatic heterocycles. The lowest BCUT2D eigenvalue weighted by Crippen LogP contribution is -2.17. The molecule has 2 rings (SSSR count). The first kappa shape index (κ1) is 15.9. The van der Waals surface area contributed by atoms with Crippen LogP contribution in [-0.4, -0.2) is 13.7 Å². The Balaban J connectivity index is 2.26. The Morgan fingerprint density at radius 3 is 2.30 bits per heavy atom. The van der Waals surface area contributed by atoms with Gasteiger partial charge in [0.2, 0.25) is 0 Å². The molecule has 1 atom stereocenters. The first-order chi connectivity index (χ1) is 9.51. The summed E-state index contributed by atoms with van der Waals surface area (Å²) in [5.41, 5.74) is 2.06. The molecule has 1 aromatic heterocycles. The summed E-state index contributed by atoms with van der Waals surface area (Å²) < 4.78 is 30.6. The average molecular weight is 427 g/mol. The molecule has 0 amide bonds. The van der Waals surface area contributed by atoms with Gasteiger partial charge in [0.05, 0.1) is 13.6 Å². The number of nitrogens with one attached hydrogen (secondary N) is 1. The minimum absolute atomic E-state index is 0.0208. The topological polar surface area (TPSA) is 21.3 Å². The number of alkyl halides is 2. The molecular weight excluding hydrogens is 416 g/mol. The minimum atomic E-state index is -2.80. The third-order valence-corrected chi connectivity index (χ3v) is 5.11. The van der Waals surface area contributed by atoms with Crippen LogP contribution in [-0.2, 0) is 0 Å². The fourth-order valence-electron chi connectivity index (χ4n) is 1.89. The Morgan fingerprint density at radius 1 is 1.20 bits per heavy atom. The molecule has 20 heavy (non-hydrogen) atoms. The second-order valence-corrected chi connectivity index (χ2v) is 7.70. The van der Waals surface area contributed by atoms with Crippen molar-refractivity contribution in [3.8, 4) is 5.75 Å². The van der Waals surface area contributed by atoms with Crippen LogP contribution >= 0.6 is 43.2 Å². The molecule has 1 heterocycles. The highest BCUT2D eigenvalue weighted by Crippen LogP contribution is 2.38. The number of benzene rings is 1. The summed E-state index contributed by atoms with van der Waals surface area (Å²) in [6, 6.07) is 8.64. The highest BCUT2D eigenvalue weighted by molar-refractivity contribution is 9.12. The molecule has 7 heteroatoms. The van der Waals surface area contributed by atoms with Gasteiger partial charge < -0.3 is 10.1 Å². The Bertz CT molecular complexity index is 574. The summed E-state index contributed by atoms with van der Waals surface area (Å²) in [5, 5.41) is 3.22. The van der Waals surface area contributed by atoms with E-state index in [0.29, 0.717) is 0 Å². The summed E-state index contributed by atoms with van der Waals surface area (Å²) in [6.07, 6.45) is 0. The molecule has 0 aliphatic rings. The van der Waals surface area contributed by atoms with Crippen molar-refractivity contribution >= 4 is 43.2 Å². The highest BCUT2D eigenvalue weighted by Gasteiger charge is 2.17. The van der Waals surface area contributed by atoms with Crippen LogP contribution in [0.2, 0.25) is 0 Å². The molecule has 0 fully saturated rings. The zero-order chi connectivity index (χ0) is 14.7. The quantitative estimate of drug-likeness (QED) is 0.710. The van der Waals surface area contributed by atoms with Gasteiger partial charge in [-0.25, -0.2) is 0 Å². The van der Waals surface area contributed by atoms with Crippen molar-refractivity contribution in [1.29, 1.82) is 0 Å². The van der Waals surface area contributed by atoms with Crippen molar-refractivity contribution in [3.05, 3.63) is 49.0 Å². The van der Waals surface area contributed by atoms with Crippen molar-refractivity contribution in [2.24, 2.45) is 0 Å². The minimum Gasteiger partial charge on any atom is -0.435 e. The van der Waals surface area contributed by atoms with E-state index in [2.05, 4.69) is 41.9 Å². The second kappa shape index (κ2) is 6.98. The van der Waals surface area contributed by atoms with E-state index in [9.17, 15) is 8.78 Å². The van der Waals surface area contributed by atoms with Gasteiger partial charge in [-0.1, -0.05) is 12.1 Å². The maximum absolute atomic E-state index is 12.1. The van der Waals surface area contributed by atoms with E-state index in [-0.39, 0.29) is 11.8 Å². The Labute approximate surface area is 136 Å². The summed E-state index contributed by atoms with van der Waals surface area (Å²) in [7, 11) is 1.85. The van der Waals surface area contributed by atoms with Gasteiger partial charge in [-0.3, -0.25) is 0 Å². The maximum atomic E-state index is 12.1. The molecule has 1 unspecified atom stereocenters. The first-order valence-corrected chi connectivity index (χ1v) is 8.08. The number of thiophene rings is 1. The van der Waals surface area contributed by atoms with Gasteiger partial charge in [-0.2, -0.15) is 8.78 Å². The summed E-state index contributed by atoms with van der Waals surface area (Å²) in [4.78, 5) is 0. The molecule has 1 N–H and O–H groups in total. The molecule has 0 aliphatic carbocycles. The third kappa shape index (κ3) is 3.78. The number of ether oxygens (including phenoxy) is 1. The Hall–Kier alpha value is -0.500. The van der Waals surface area contributed by atoms with Crippen LogP contribution in [0.3, 0.4) is 0 Å². The first-order valence-electron chi connectivity index (χ1n) is 5.68. The molecule has 0 bridgehead atoms. The summed E-state index contributed by atoms with van der Waals surface area (Å²) >= 11 is 8.57. The molecule has 0 saturated heterocycles. The van der Waals surface area contributed by atoms with Gasteiger partial charge >= 0.3 is 6.61 Å². The monoisotopic (exact) mass is 425 g/mol. The number of halogens is 4. The van der Waals surface area contributed by atoms with E-state index in [1.54, 1.807) is 35.6 Å². The van der Waals surface area contributed by atoms with Crippen LogP contribution in [0.15, 0.2) is 37.9 Å². The van der Waals surface area contributed by atoms with Crippen molar-refractivity contribution in [2.75, 3.05) is 7.05 Å². The average Bonchev–Trinajstić information content (AvgIpc) is 2.71. The SMILES string of the molecule is CNC(c1ccc(OC(F)F)cc1)c1cc(Br)sc1Br. The molecule has 0 radical (unpaired) electrons. The van der Waals surface area contributed by atoms with Crippen molar-refractivity contribution < 1.29 is 13.5 Å². The Morgan fingerprint density at radius 2 is 1.85 bits per heavy atom. The zero-order valence-corrected chi connectivity index (χ0v) is 14.4. The van der Waals surface area contributed by atoms with E-state index in [1.165, 1.54) is 0 Å². The van der Waals surface area contributed by atoms with Crippen molar-refractivity contribution in [3.63, 3.8) is 0 Å². The van der Waals surface area contributed by atoms with Gasteiger partial charge in [0.25, 0.3) is 0 Å². The number of rotatable bonds is 5. The van der Waals surface area contributed by atoms with Crippen molar-refractivity contribution in [1.82, 2.24) is 5.32 Å². The van der Waals surface area contributed by atoms with E-state index in [4.69, 9.17) is 0 Å². The fourth-order valence-corrected chi connectivity index (χ4v) is 4.80. The second-order valence-electron chi connectivity index (χ2n) is 3.95. The van der Waals surface area contributed by atoms with Crippen LogP contribution in [0, 0.1) is 0 Å². The van der Waals surface area contributed by atoms with Gasteiger partial charge in [-0.15, -0.1) is 11.3 Å². The lowest BCUT2D eigenvalue weighted by Gasteiger charge is -2.17. The predicted molar refractivity (Wildman–Crippen MR) is 83.7 cm³/mol. The van der Waals surface area contributed by atoms with Crippen LogP contribution in [0.4, 0.5) is 8.78 Å². The van der Waals surface area contributed by atoms with Crippen LogP contribution in [0.1, 0.15) is 17.2 Å². The molecular formula is C13H11Br2F2NOS. The maximum Gasteiger partial charge on any atom is 0.387 e. The normalized spacial score (nSPS) is 12.7. The molecule has 1 aromatic carbocycles. The van der Waals surface area contributed by atoms with Crippen LogP contribution in [0.5, 0.6) is 5.75 Å². The molecule has 0 spiro atoms. The summed E-state index contributed by atoms with van der Waals surface area (Å²) in [5.74, 6) is 0.157. The van der Waals surface area contributed by atoms with E-state index >= 15 is 0 Å². The lowest BCUT2D eigenvalue weighted by atomic mass is 10.0. The van der Waals surface area contributed by atoms with E-state index in [0.717, 1.165) is 18.7 Å². The summed E-state index contributed by atoms with van der Waals surface area (Å²) in [6.45, 7) is -2.80. The van der Waals surface area contributed by atoms with Crippen LogP contribution in [0.25, 0.3) is 0 Å². The smallest absolute Gasteiger partial charge is 0.387 e. The van der Waals surface area contributed by atoms with Crippen LogP contribution < -0.4 is 10.1 Å². The zero-order valence-electron chi connectivity index (χ0n) is 10.4. The van der Waals surface area contributed by atoms with Gasteiger partial charge in [0.1, 0.15) is 5.75 Å². The van der Waals surface area contributed by atoms with Gasteiger partial charge in [0.15, 0.2) is 0 Å². The van der Waals surface area contributed by atoms with Gasteiger partial charge in [0, 0.05) is 0 Å². The molecule has 2 nitrogen and oxygen atoms in total.